The van der Waals surface area contributed by atoms with E-state index >= 15 is 0 Å². The van der Waals surface area contributed by atoms with Crippen LogP contribution in [0.5, 0.6) is 11.5 Å². The molecule has 0 aromatic heterocycles. The smallest absolute Gasteiger partial charge is 0.224 e. The van der Waals surface area contributed by atoms with Crippen molar-refractivity contribution in [2.45, 2.75) is 37.7 Å². The summed E-state index contributed by atoms with van der Waals surface area (Å²) in [7, 11) is 1.72. The first-order valence-corrected chi connectivity index (χ1v) is 10.7. The van der Waals surface area contributed by atoms with Crippen LogP contribution >= 0.6 is 0 Å². The van der Waals surface area contributed by atoms with Crippen molar-refractivity contribution in [3.05, 3.63) is 53.6 Å². The van der Waals surface area contributed by atoms with Crippen LogP contribution in [0.15, 0.2) is 42.5 Å². The Hall–Kier alpha value is -2.57. The number of methoxy groups -OCH3 is 1. The topological polar surface area (TPSA) is 71.0 Å². The number of rotatable bonds is 7. The quantitative estimate of drug-likeness (QED) is 0.734. The Bertz CT molecular complexity index is 877. The Kier molecular flexibility index (Phi) is 6.55. The zero-order valence-corrected chi connectivity index (χ0v) is 17.5. The predicted octanol–water partition coefficient (Wildman–Crippen LogP) is 3.20. The standard InChI is InChI=1S/C24H30N2O4/c1-29-23-5-3-2-4-21(23)17-10-12-26(13-11-17)15-19(27)16-30-20-8-6-18-7-9-24(28)25-22(18)14-20/h2-6,8,14,17,19,27H,7,9-13,15-16H2,1H3,(H,25,28). The van der Waals surface area contributed by atoms with E-state index in [2.05, 4.69) is 22.3 Å². The summed E-state index contributed by atoms with van der Waals surface area (Å²) in [6.45, 7) is 2.73. The number of anilines is 1. The Morgan fingerprint density at radius 2 is 1.97 bits per heavy atom. The van der Waals surface area contributed by atoms with Crippen LogP contribution in [0.4, 0.5) is 5.69 Å². The highest BCUT2D eigenvalue weighted by Gasteiger charge is 2.24. The molecule has 0 spiro atoms. The molecule has 2 aliphatic heterocycles. The minimum atomic E-state index is -0.557. The van der Waals surface area contributed by atoms with Gasteiger partial charge in [-0.25, -0.2) is 0 Å². The van der Waals surface area contributed by atoms with E-state index in [0.29, 0.717) is 24.6 Å². The summed E-state index contributed by atoms with van der Waals surface area (Å²) >= 11 is 0. The molecule has 2 N–H and O–H groups in total. The van der Waals surface area contributed by atoms with Crippen molar-refractivity contribution in [1.29, 1.82) is 0 Å². The molecule has 0 radical (unpaired) electrons. The average molecular weight is 411 g/mol. The maximum atomic E-state index is 11.6. The van der Waals surface area contributed by atoms with Gasteiger partial charge in [0.15, 0.2) is 0 Å². The Labute approximate surface area is 177 Å². The van der Waals surface area contributed by atoms with E-state index in [9.17, 15) is 9.90 Å². The van der Waals surface area contributed by atoms with Gasteiger partial charge in [0.05, 0.1) is 7.11 Å². The number of hydrogen-bond acceptors (Lipinski definition) is 5. The Morgan fingerprint density at radius 1 is 1.17 bits per heavy atom. The molecule has 2 heterocycles. The number of carbonyl (C=O) groups is 1. The van der Waals surface area contributed by atoms with Crippen molar-refractivity contribution < 1.29 is 19.4 Å². The number of piperidine rings is 1. The molecule has 1 amide bonds. The summed E-state index contributed by atoms with van der Waals surface area (Å²) < 4.78 is 11.3. The number of hydrogen-bond donors (Lipinski definition) is 2. The van der Waals surface area contributed by atoms with Crippen molar-refractivity contribution in [2.75, 3.05) is 38.7 Å². The van der Waals surface area contributed by atoms with Crippen LogP contribution in [0.3, 0.4) is 0 Å². The minimum absolute atomic E-state index is 0.0382. The average Bonchev–Trinajstić information content (AvgIpc) is 2.78. The van der Waals surface area contributed by atoms with Gasteiger partial charge in [0.2, 0.25) is 5.91 Å². The molecule has 6 heteroatoms. The maximum absolute atomic E-state index is 11.6. The number of aryl methyl sites for hydroxylation is 1. The summed E-state index contributed by atoms with van der Waals surface area (Å²) in [5.74, 6) is 2.17. The van der Waals surface area contributed by atoms with Crippen LogP contribution in [-0.4, -0.2) is 55.4 Å². The summed E-state index contributed by atoms with van der Waals surface area (Å²) in [5.41, 5.74) is 3.22. The van der Waals surface area contributed by atoms with Crippen LogP contribution in [0.25, 0.3) is 0 Å². The van der Waals surface area contributed by atoms with E-state index in [1.54, 1.807) is 7.11 Å². The van der Waals surface area contributed by atoms with Crippen LogP contribution in [0, 0.1) is 0 Å². The van der Waals surface area contributed by atoms with Gasteiger partial charge in [0.25, 0.3) is 0 Å². The molecule has 6 nitrogen and oxygen atoms in total. The fourth-order valence-corrected chi connectivity index (χ4v) is 4.41. The van der Waals surface area contributed by atoms with E-state index < -0.39 is 6.10 Å². The molecule has 0 aliphatic carbocycles. The lowest BCUT2D eigenvalue weighted by Crippen LogP contribution is -2.40. The number of β-amino-alcohol motifs (C(OH)–C–C–N with tert-alkyl or cyclic N) is 1. The second-order valence-electron chi connectivity index (χ2n) is 8.15. The van der Waals surface area contributed by atoms with Crippen molar-refractivity contribution in [3.63, 3.8) is 0 Å². The SMILES string of the molecule is COc1ccccc1C1CCN(CC(O)COc2ccc3c(c2)NC(=O)CC3)CC1. The highest BCUT2D eigenvalue weighted by molar-refractivity contribution is 5.94. The number of fused-ring (bicyclic) bond motifs is 1. The Morgan fingerprint density at radius 3 is 2.77 bits per heavy atom. The first kappa shape index (κ1) is 20.7. The lowest BCUT2D eigenvalue weighted by atomic mass is 9.88. The predicted molar refractivity (Wildman–Crippen MR) is 116 cm³/mol. The van der Waals surface area contributed by atoms with Gasteiger partial charge >= 0.3 is 0 Å². The second-order valence-corrected chi connectivity index (χ2v) is 8.15. The number of para-hydroxylation sites is 1. The third-order valence-electron chi connectivity index (χ3n) is 6.05. The number of likely N-dealkylation sites (tertiary alicyclic amines) is 1. The maximum Gasteiger partial charge on any atom is 0.224 e. The van der Waals surface area contributed by atoms with Crippen LogP contribution in [0.2, 0.25) is 0 Å². The molecule has 30 heavy (non-hydrogen) atoms. The van der Waals surface area contributed by atoms with Crippen molar-refractivity contribution in [3.8, 4) is 11.5 Å². The zero-order valence-electron chi connectivity index (χ0n) is 17.5. The Balaban J connectivity index is 1.24. The number of amides is 1. The highest BCUT2D eigenvalue weighted by atomic mass is 16.5. The van der Waals surface area contributed by atoms with Crippen LogP contribution in [0.1, 0.15) is 36.3 Å². The number of aliphatic hydroxyl groups is 1. The summed E-state index contributed by atoms with van der Waals surface area (Å²) in [6, 6.07) is 14.0. The molecule has 0 saturated carbocycles. The van der Waals surface area contributed by atoms with Gasteiger partial charge in [-0.1, -0.05) is 24.3 Å². The molecule has 2 aromatic rings. The molecule has 4 rings (SSSR count). The number of ether oxygens (including phenoxy) is 2. The second kappa shape index (κ2) is 9.49. The number of nitrogens with zero attached hydrogens (tertiary/aromatic N) is 1. The molecule has 2 aliphatic rings. The normalized spacial score (nSPS) is 18.4. The fourth-order valence-electron chi connectivity index (χ4n) is 4.41. The third-order valence-corrected chi connectivity index (χ3v) is 6.05. The minimum Gasteiger partial charge on any atom is -0.496 e. The number of aliphatic hydroxyl groups excluding tert-OH is 1. The van der Waals surface area contributed by atoms with Crippen LogP contribution < -0.4 is 14.8 Å². The van der Waals surface area contributed by atoms with E-state index in [1.165, 1.54) is 5.56 Å². The summed E-state index contributed by atoms with van der Waals surface area (Å²) in [6.07, 6.45) is 2.84. The van der Waals surface area contributed by atoms with E-state index in [1.807, 2.05) is 30.3 Å². The van der Waals surface area contributed by atoms with Gasteiger partial charge < -0.3 is 24.8 Å². The molecule has 1 fully saturated rings. The highest BCUT2D eigenvalue weighted by Crippen LogP contribution is 2.34. The van der Waals surface area contributed by atoms with Gasteiger partial charge in [-0.05, 0) is 61.5 Å². The first-order valence-electron chi connectivity index (χ1n) is 10.7. The number of nitrogens with one attached hydrogen (secondary N) is 1. The van der Waals surface area contributed by atoms with E-state index in [0.717, 1.165) is 49.4 Å². The van der Waals surface area contributed by atoms with Crippen molar-refractivity contribution in [2.24, 2.45) is 0 Å². The molecular weight excluding hydrogens is 380 g/mol. The fraction of sp³-hybridized carbons (Fsp3) is 0.458. The molecule has 1 unspecified atom stereocenters. The van der Waals surface area contributed by atoms with Gasteiger partial charge in [0.1, 0.15) is 24.2 Å². The van der Waals surface area contributed by atoms with E-state index in [4.69, 9.17) is 9.47 Å². The van der Waals surface area contributed by atoms with Gasteiger partial charge in [-0.2, -0.15) is 0 Å². The summed E-state index contributed by atoms with van der Waals surface area (Å²) in [5, 5.41) is 13.3. The summed E-state index contributed by atoms with van der Waals surface area (Å²) in [4.78, 5) is 13.9. The van der Waals surface area contributed by atoms with Crippen LogP contribution in [-0.2, 0) is 11.2 Å². The molecule has 2 aromatic carbocycles. The van der Waals surface area contributed by atoms with Gasteiger partial charge in [-0.15, -0.1) is 0 Å². The first-order chi connectivity index (χ1) is 14.6. The zero-order chi connectivity index (χ0) is 20.9. The lowest BCUT2D eigenvalue weighted by Gasteiger charge is -2.33. The van der Waals surface area contributed by atoms with Crippen molar-refractivity contribution >= 4 is 11.6 Å². The molecule has 1 saturated heterocycles. The van der Waals surface area contributed by atoms with E-state index in [-0.39, 0.29) is 12.5 Å². The largest absolute Gasteiger partial charge is 0.496 e. The molecule has 1 atom stereocenters. The van der Waals surface area contributed by atoms with Gasteiger partial charge in [0, 0.05) is 24.7 Å². The van der Waals surface area contributed by atoms with Crippen molar-refractivity contribution in [1.82, 2.24) is 4.90 Å². The number of benzene rings is 2. The monoisotopic (exact) mass is 410 g/mol. The number of carbonyl (C=O) groups excluding carboxylic acids is 1. The molecular formula is C24H30N2O4. The van der Waals surface area contributed by atoms with Gasteiger partial charge in [-0.3, -0.25) is 4.79 Å². The molecule has 0 bridgehead atoms. The molecule has 160 valence electrons. The lowest BCUT2D eigenvalue weighted by molar-refractivity contribution is -0.116. The third kappa shape index (κ3) is 4.94.